The smallest absolute Gasteiger partial charge is 0.296 e. The Balaban J connectivity index is 1.20. The summed E-state index contributed by atoms with van der Waals surface area (Å²) >= 11 is 0. The second-order valence-electron chi connectivity index (χ2n) is 11.4. The van der Waals surface area contributed by atoms with Crippen LogP contribution in [0.1, 0.15) is 50.8 Å². The van der Waals surface area contributed by atoms with Crippen LogP contribution in [0, 0.1) is 11.8 Å². The van der Waals surface area contributed by atoms with Gasteiger partial charge in [-0.15, -0.1) is 0 Å². The monoisotopic (exact) mass is 584 g/mol. The number of fused-ring (bicyclic) bond motifs is 1. The zero-order chi connectivity index (χ0) is 29.1. The van der Waals surface area contributed by atoms with Crippen LogP contribution in [0.15, 0.2) is 30.3 Å². The van der Waals surface area contributed by atoms with Crippen LogP contribution in [0.25, 0.3) is 16.9 Å². The van der Waals surface area contributed by atoms with Gasteiger partial charge in [-0.2, -0.15) is 9.97 Å². The van der Waals surface area contributed by atoms with Crippen molar-refractivity contribution >= 4 is 22.9 Å². The molecular weight excluding hydrogens is 546 g/mol. The van der Waals surface area contributed by atoms with Gasteiger partial charge >= 0.3 is 0 Å². The van der Waals surface area contributed by atoms with Crippen molar-refractivity contribution in [3.63, 3.8) is 0 Å². The Labute approximate surface area is 244 Å². The van der Waals surface area contributed by atoms with Crippen LogP contribution in [0.5, 0.6) is 5.88 Å². The van der Waals surface area contributed by atoms with Crippen LogP contribution in [-0.4, -0.2) is 89.5 Å². The van der Waals surface area contributed by atoms with Crippen molar-refractivity contribution in [3.8, 4) is 11.7 Å². The van der Waals surface area contributed by atoms with Crippen molar-refractivity contribution < 1.29 is 27.8 Å². The predicted molar refractivity (Wildman–Crippen MR) is 152 cm³/mol. The van der Waals surface area contributed by atoms with E-state index in [1.54, 1.807) is 30.3 Å². The van der Waals surface area contributed by atoms with E-state index < -0.39 is 6.43 Å². The maximum atomic E-state index is 14.1. The zero-order valence-electron chi connectivity index (χ0n) is 24.0. The van der Waals surface area contributed by atoms with Gasteiger partial charge in [0, 0.05) is 51.9 Å². The fraction of sp³-hybridized carbons (Fsp3) is 0.600. The second-order valence-corrected chi connectivity index (χ2v) is 11.4. The molecule has 42 heavy (non-hydrogen) atoms. The maximum absolute atomic E-state index is 14.1. The van der Waals surface area contributed by atoms with Gasteiger partial charge in [-0.25, -0.2) is 13.8 Å². The molecule has 2 saturated heterocycles. The third-order valence-electron chi connectivity index (χ3n) is 8.54. The lowest BCUT2D eigenvalue weighted by atomic mass is 9.86. The molecule has 0 unspecified atom stereocenters. The highest BCUT2D eigenvalue weighted by molar-refractivity contribution is 5.79. The third kappa shape index (κ3) is 6.34. The Bertz CT molecular complexity index is 1370. The largest absolute Gasteiger partial charge is 0.474 e. The molecule has 6 rings (SSSR count). The van der Waals surface area contributed by atoms with Gasteiger partial charge < -0.3 is 24.0 Å². The first-order valence-electron chi connectivity index (χ1n) is 14.9. The minimum absolute atomic E-state index is 0.0227. The summed E-state index contributed by atoms with van der Waals surface area (Å²) in [5.41, 5.74) is 1.00. The Kier molecular flexibility index (Phi) is 8.80. The summed E-state index contributed by atoms with van der Waals surface area (Å²) in [6, 6.07) is 8.63. The van der Waals surface area contributed by atoms with E-state index in [4.69, 9.17) is 24.2 Å². The van der Waals surface area contributed by atoms with E-state index in [9.17, 15) is 13.6 Å². The first-order chi connectivity index (χ1) is 20.5. The number of alkyl halides is 2. The number of rotatable bonds is 8. The predicted octanol–water partition coefficient (Wildman–Crippen LogP) is 4.41. The molecule has 226 valence electrons. The SMILES string of the molecule is CN(CC1CCOCC1)C(=O)C1CCC(Oc2cc(-n3c(C(F)F)nc4ccccc43)nc(N3CCOCC3)n2)CC1. The van der Waals surface area contributed by atoms with E-state index in [0.29, 0.717) is 67.9 Å². The van der Waals surface area contributed by atoms with Gasteiger partial charge in [0.1, 0.15) is 11.9 Å². The molecule has 4 heterocycles. The number of morpholine rings is 1. The van der Waals surface area contributed by atoms with Crippen LogP contribution >= 0.6 is 0 Å². The Morgan fingerprint density at radius 2 is 1.71 bits per heavy atom. The number of para-hydroxylation sites is 2. The van der Waals surface area contributed by atoms with E-state index in [-0.39, 0.29) is 29.6 Å². The second kappa shape index (κ2) is 12.9. The molecule has 12 heteroatoms. The molecule has 0 spiro atoms. The highest BCUT2D eigenvalue weighted by Crippen LogP contribution is 2.32. The van der Waals surface area contributed by atoms with Crippen molar-refractivity contribution in [1.82, 2.24) is 24.4 Å². The van der Waals surface area contributed by atoms with Crippen LogP contribution in [0.4, 0.5) is 14.7 Å². The summed E-state index contributed by atoms with van der Waals surface area (Å²) in [7, 11) is 1.91. The number of hydrogen-bond donors (Lipinski definition) is 0. The average Bonchev–Trinajstić information content (AvgIpc) is 3.42. The fourth-order valence-corrected chi connectivity index (χ4v) is 6.23. The van der Waals surface area contributed by atoms with Gasteiger partial charge in [-0.1, -0.05) is 12.1 Å². The number of amides is 1. The van der Waals surface area contributed by atoms with Crippen LogP contribution in [-0.2, 0) is 14.3 Å². The third-order valence-corrected chi connectivity index (χ3v) is 8.54. The number of carbonyl (C=O) groups is 1. The lowest BCUT2D eigenvalue weighted by Gasteiger charge is -2.33. The Morgan fingerprint density at radius 1 is 1.00 bits per heavy atom. The molecule has 1 aromatic carbocycles. The first-order valence-corrected chi connectivity index (χ1v) is 14.9. The van der Waals surface area contributed by atoms with Crippen molar-refractivity contribution in [2.45, 2.75) is 51.1 Å². The molecule has 2 aromatic heterocycles. The number of benzene rings is 1. The molecule has 0 atom stereocenters. The molecule has 2 aliphatic heterocycles. The van der Waals surface area contributed by atoms with Gasteiger partial charge in [0.25, 0.3) is 6.43 Å². The minimum Gasteiger partial charge on any atom is -0.474 e. The number of nitrogens with zero attached hydrogens (tertiary/aromatic N) is 6. The molecule has 0 radical (unpaired) electrons. The molecule has 1 amide bonds. The number of ether oxygens (including phenoxy) is 3. The summed E-state index contributed by atoms with van der Waals surface area (Å²) in [6.07, 6.45) is 1.96. The van der Waals surface area contributed by atoms with Crippen molar-refractivity contribution in [2.75, 3.05) is 58.0 Å². The molecule has 1 saturated carbocycles. The van der Waals surface area contributed by atoms with Crippen LogP contribution in [0.3, 0.4) is 0 Å². The quantitative estimate of drug-likeness (QED) is 0.384. The molecule has 1 aliphatic carbocycles. The number of halogens is 2. The number of imidazole rings is 1. The van der Waals surface area contributed by atoms with E-state index in [2.05, 4.69) is 4.98 Å². The summed E-state index contributed by atoms with van der Waals surface area (Å²) in [4.78, 5) is 30.6. The minimum atomic E-state index is -2.79. The van der Waals surface area contributed by atoms with Crippen molar-refractivity contribution in [2.24, 2.45) is 11.8 Å². The summed E-state index contributed by atoms with van der Waals surface area (Å²) in [6.45, 7) is 4.55. The standard InChI is InChI=1S/C30H38F2N6O4/c1-36(19-20-10-14-40-15-11-20)29(39)21-6-8-22(9-7-21)42-26-18-25(34-30(35-26)37-12-16-41-17-13-37)38-24-5-3-2-4-23(24)33-28(38)27(31)32/h2-5,18,20-22,27H,6-17,19H2,1H3. The van der Waals surface area contributed by atoms with Gasteiger partial charge in [0.2, 0.25) is 17.7 Å². The topological polar surface area (TPSA) is 94.8 Å². The highest BCUT2D eigenvalue weighted by Gasteiger charge is 2.31. The molecule has 3 aromatic rings. The number of anilines is 1. The van der Waals surface area contributed by atoms with E-state index >= 15 is 0 Å². The van der Waals surface area contributed by atoms with E-state index in [1.807, 2.05) is 16.8 Å². The van der Waals surface area contributed by atoms with Crippen molar-refractivity contribution in [3.05, 3.63) is 36.2 Å². The highest BCUT2D eigenvalue weighted by atomic mass is 19.3. The molecular formula is C30H38F2N6O4. The van der Waals surface area contributed by atoms with Crippen LogP contribution < -0.4 is 9.64 Å². The maximum Gasteiger partial charge on any atom is 0.296 e. The van der Waals surface area contributed by atoms with Crippen LogP contribution in [0.2, 0.25) is 0 Å². The van der Waals surface area contributed by atoms with Gasteiger partial charge in [0.05, 0.1) is 24.2 Å². The van der Waals surface area contributed by atoms with Crippen molar-refractivity contribution in [1.29, 1.82) is 0 Å². The van der Waals surface area contributed by atoms with Gasteiger partial charge in [0.15, 0.2) is 5.82 Å². The number of aromatic nitrogens is 4. The summed E-state index contributed by atoms with van der Waals surface area (Å²) in [5.74, 6) is 1.31. The molecule has 10 nitrogen and oxygen atoms in total. The van der Waals surface area contributed by atoms with Gasteiger partial charge in [-0.05, 0) is 56.6 Å². The Morgan fingerprint density at radius 3 is 2.45 bits per heavy atom. The normalized spacial score (nSPS) is 22.0. The lowest BCUT2D eigenvalue weighted by Crippen LogP contribution is -2.40. The molecule has 3 fully saturated rings. The fourth-order valence-electron chi connectivity index (χ4n) is 6.23. The molecule has 3 aliphatic rings. The van der Waals surface area contributed by atoms with Gasteiger partial charge in [-0.3, -0.25) is 9.36 Å². The first kappa shape index (κ1) is 28.7. The van der Waals surface area contributed by atoms with E-state index in [0.717, 1.165) is 45.4 Å². The van der Waals surface area contributed by atoms with E-state index in [1.165, 1.54) is 4.57 Å². The summed E-state index contributed by atoms with van der Waals surface area (Å²) < 4.78 is 47.0. The number of hydrogen-bond acceptors (Lipinski definition) is 8. The lowest BCUT2D eigenvalue weighted by molar-refractivity contribution is -0.136. The summed E-state index contributed by atoms with van der Waals surface area (Å²) in [5, 5.41) is 0. The molecule has 0 bridgehead atoms. The zero-order valence-corrected chi connectivity index (χ0v) is 24.0. The number of carbonyl (C=O) groups excluding carboxylic acids is 1. The Hall–Kier alpha value is -3.38. The molecule has 0 N–H and O–H groups in total. The average molecular weight is 585 g/mol.